The van der Waals surface area contributed by atoms with Crippen LogP contribution < -0.4 is 0 Å². The van der Waals surface area contributed by atoms with Crippen LogP contribution in [0, 0.1) is 6.92 Å². The Labute approximate surface area is 150 Å². The molecule has 1 aromatic carbocycles. The van der Waals surface area contributed by atoms with Gasteiger partial charge in [-0.15, -0.1) is 11.3 Å². The maximum absolute atomic E-state index is 12.6. The monoisotopic (exact) mass is 377 g/mol. The zero-order valence-corrected chi connectivity index (χ0v) is 15.7. The van der Waals surface area contributed by atoms with Gasteiger partial charge in [0.25, 0.3) is 5.91 Å². The minimum absolute atomic E-state index is 0.113. The molecule has 0 spiro atoms. The summed E-state index contributed by atoms with van der Waals surface area (Å²) >= 11 is 1.45. The van der Waals surface area contributed by atoms with Gasteiger partial charge in [0, 0.05) is 30.9 Å². The molecule has 0 aliphatic heterocycles. The maximum atomic E-state index is 12.6. The van der Waals surface area contributed by atoms with Crippen molar-refractivity contribution in [2.75, 3.05) is 18.8 Å². The number of fused-ring (bicyclic) bond motifs is 1. The average Bonchev–Trinajstić information content (AvgIpc) is 3.17. The van der Waals surface area contributed by atoms with E-state index < -0.39 is 9.84 Å². The first-order valence-electron chi connectivity index (χ1n) is 7.91. The van der Waals surface area contributed by atoms with Gasteiger partial charge in [-0.3, -0.25) is 9.20 Å². The first-order chi connectivity index (χ1) is 11.9. The Hall–Kier alpha value is -2.19. The summed E-state index contributed by atoms with van der Waals surface area (Å²) in [7, 11) is -3.43. The second-order valence-corrected chi connectivity index (χ2v) is 8.72. The molecule has 0 aliphatic carbocycles. The Kier molecular flexibility index (Phi) is 4.91. The highest BCUT2D eigenvalue weighted by molar-refractivity contribution is 7.91. The zero-order chi connectivity index (χ0) is 18.0. The summed E-state index contributed by atoms with van der Waals surface area (Å²) in [4.78, 5) is 19.4. The molecule has 0 N–H and O–H groups in total. The number of sulfone groups is 1. The number of aromatic nitrogens is 2. The van der Waals surface area contributed by atoms with Crippen LogP contribution in [-0.2, 0) is 9.84 Å². The number of rotatable bonds is 6. The van der Waals surface area contributed by atoms with Gasteiger partial charge in [0.15, 0.2) is 14.8 Å². The van der Waals surface area contributed by atoms with Crippen LogP contribution in [0.25, 0.3) is 4.96 Å². The highest BCUT2D eigenvalue weighted by Crippen LogP contribution is 2.15. The van der Waals surface area contributed by atoms with Crippen molar-refractivity contribution in [2.24, 2.45) is 0 Å². The molecule has 8 heteroatoms. The van der Waals surface area contributed by atoms with Crippen molar-refractivity contribution in [1.82, 2.24) is 14.3 Å². The molecule has 2 aromatic heterocycles. The fourth-order valence-corrected chi connectivity index (χ4v) is 4.44. The summed E-state index contributed by atoms with van der Waals surface area (Å²) < 4.78 is 26.7. The molecule has 0 radical (unpaired) electrons. The number of carbonyl (C=O) groups excluding carboxylic acids is 1. The third kappa shape index (κ3) is 3.74. The molecular formula is C17H19N3O3S2. The highest BCUT2D eigenvalue weighted by atomic mass is 32.2. The smallest absolute Gasteiger partial charge is 0.274 e. The summed E-state index contributed by atoms with van der Waals surface area (Å²) in [6, 6.07) is 6.75. The van der Waals surface area contributed by atoms with E-state index >= 15 is 0 Å². The average molecular weight is 377 g/mol. The molecule has 1 amide bonds. The van der Waals surface area contributed by atoms with E-state index in [-0.39, 0.29) is 23.1 Å². The number of hydrogen-bond acceptors (Lipinski definition) is 5. The molecule has 0 unspecified atom stereocenters. The van der Waals surface area contributed by atoms with Crippen molar-refractivity contribution in [3.05, 3.63) is 53.3 Å². The molecule has 0 aliphatic rings. The van der Waals surface area contributed by atoms with Crippen LogP contribution in [0.15, 0.2) is 46.9 Å². The fraction of sp³-hybridized carbons (Fsp3) is 0.294. The van der Waals surface area contributed by atoms with Crippen LogP contribution in [0.4, 0.5) is 0 Å². The van der Waals surface area contributed by atoms with Crippen LogP contribution in [-0.4, -0.2) is 47.5 Å². The summed E-state index contributed by atoms with van der Waals surface area (Å²) in [6.07, 6.45) is 3.51. The van der Waals surface area contributed by atoms with Crippen LogP contribution in [0.2, 0.25) is 0 Å². The topological polar surface area (TPSA) is 71.8 Å². The Morgan fingerprint density at radius 1 is 1.28 bits per heavy atom. The maximum Gasteiger partial charge on any atom is 0.274 e. The lowest BCUT2D eigenvalue weighted by Gasteiger charge is -2.19. The van der Waals surface area contributed by atoms with Gasteiger partial charge in [-0.1, -0.05) is 17.7 Å². The van der Waals surface area contributed by atoms with Gasteiger partial charge < -0.3 is 4.90 Å². The van der Waals surface area contributed by atoms with Gasteiger partial charge >= 0.3 is 0 Å². The number of hydrogen-bond donors (Lipinski definition) is 0. The number of nitrogens with zero attached hydrogens (tertiary/aromatic N) is 3. The largest absolute Gasteiger partial charge is 0.337 e. The predicted octanol–water partition coefficient (Wildman–Crippen LogP) is 2.64. The fourth-order valence-electron chi connectivity index (χ4n) is 2.49. The second-order valence-electron chi connectivity index (χ2n) is 5.74. The van der Waals surface area contributed by atoms with Gasteiger partial charge in [0.05, 0.1) is 10.6 Å². The lowest BCUT2D eigenvalue weighted by atomic mass is 10.2. The Morgan fingerprint density at radius 2 is 2.00 bits per heavy atom. The van der Waals surface area contributed by atoms with Crippen molar-refractivity contribution in [1.29, 1.82) is 0 Å². The molecular weight excluding hydrogens is 358 g/mol. The van der Waals surface area contributed by atoms with Gasteiger partial charge in [0.1, 0.15) is 5.69 Å². The number of amides is 1. The third-order valence-corrected chi connectivity index (χ3v) is 6.47. The lowest BCUT2D eigenvalue weighted by Crippen LogP contribution is -2.35. The minimum Gasteiger partial charge on any atom is -0.337 e. The molecule has 2 heterocycles. The van der Waals surface area contributed by atoms with Gasteiger partial charge in [-0.2, -0.15) is 0 Å². The summed E-state index contributed by atoms with van der Waals surface area (Å²) in [5.74, 6) is -0.366. The van der Waals surface area contributed by atoms with Crippen LogP contribution in [0.5, 0.6) is 0 Å². The number of aryl methyl sites for hydroxylation is 1. The molecule has 132 valence electrons. The van der Waals surface area contributed by atoms with Crippen LogP contribution in [0.3, 0.4) is 0 Å². The zero-order valence-electron chi connectivity index (χ0n) is 14.0. The minimum atomic E-state index is -3.43. The molecule has 3 rings (SSSR count). The van der Waals surface area contributed by atoms with Crippen LogP contribution >= 0.6 is 11.3 Å². The molecule has 0 saturated carbocycles. The number of imidazole rings is 1. The molecule has 0 bridgehead atoms. The van der Waals surface area contributed by atoms with Crippen molar-refractivity contribution in [3.63, 3.8) is 0 Å². The molecule has 3 aromatic rings. The van der Waals surface area contributed by atoms with E-state index in [9.17, 15) is 13.2 Å². The summed E-state index contributed by atoms with van der Waals surface area (Å²) in [5, 5.41) is 1.89. The molecule has 0 saturated heterocycles. The standard InChI is InChI=1S/C17H19N3O3S2/c1-3-19(16(21)15-12-20-8-10-24-17(20)18-15)9-11-25(22,23)14-6-4-13(2)5-7-14/h4-8,10,12H,3,9,11H2,1-2H3. The molecule has 0 atom stereocenters. The van der Waals surface area contributed by atoms with E-state index in [0.29, 0.717) is 12.2 Å². The van der Waals surface area contributed by atoms with Crippen LogP contribution in [0.1, 0.15) is 23.0 Å². The molecule has 0 fully saturated rings. The normalized spacial score (nSPS) is 11.8. The quantitative estimate of drug-likeness (QED) is 0.662. The molecule has 6 nitrogen and oxygen atoms in total. The SMILES string of the molecule is CCN(CCS(=O)(=O)c1ccc(C)cc1)C(=O)c1cn2ccsc2n1. The second kappa shape index (κ2) is 6.97. The molecule has 25 heavy (non-hydrogen) atoms. The van der Waals surface area contributed by atoms with Gasteiger partial charge in [-0.25, -0.2) is 13.4 Å². The van der Waals surface area contributed by atoms with Gasteiger partial charge in [0.2, 0.25) is 0 Å². The third-order valence-electron chi connectivity index (χ3n) is 3.99. The Morgan fingerprint density at radius 3 is 2.64 bits per heavy atom. The Bertz CT molecular complexity index is 959. The predicted molar refractivity (Wildman–Crippen MR) is 97.9 cm³/mol. The van der Waals surface area contributed by atoms with E-state index in [1.807, 2.05) is 25.4 Å². The summed E-state index contributed by atoms with van der Waals surface area (Å²) in [6.45, 7) is 4.29. The van der Waals surface area contributed by atoms with Crippen molar-refractivity contribution in [2.45, 2.75) is 18.7 Å². The van der Waals surface area contributed by atoms with Crippen molar-refractivity contribution in [3.8, 4) is 0 Å². The van der Waals surface area contributed by atoms with E-state index in [0.717, 1.165) is 10.5 Å². The first-order valence-corrected chi connectivity index (χ1v) is 10.4. The van der Waals surface area contributed by atoms with E-state index in [1.165, 1.54) is 16.2 Å². The van der Waals surface area contributed by atoms with E-state index in [4.69, 9.17) is 0 Å². The summed E-state index contributed by atoms with van der Waals surface area (Å²) in [5.41, 5.74) is 1.34. The number of thiazole rings is 1. The van der Waals surface area contributed by atoms with E-state index in [2.05, 4.69) is 4.98 Å². The first kappa shape index (κ1) is 17.6. The van der Waals surface area contributed by atoms with Crippen molar-refractivity contribution < 1.29 is 13.2 Å². The Balaban J connectivity index is 1.72. The number of benzene rings is 1. The lowest BCUT2D eigenvalue weighted by molar-refractivity contribution is 0.0769. The van der Waals surface area contributed by atoms with Gasteiger partial charge in [-0.05, 0) is 26.0 Å². The van der Waals surface area contributed by atoms with E-state index in [1.54, 1.807) is 34.9 Å². The highest BCUT2D eigenvalue weighted by Gasteiger charge is 2.21. The van der Waals surface area contributed by atoms with Crippen molar-refractivity contribution >= 4 is 32.0 Å². The number of carbonyl (C=O) groups is 1.